The van der Waals surface area contributed by atoms with Crippen LogP contribution in [0.5, 0.6) is 0 Å². The van der Waals surface area contributed by atoms with Crippen molar-refractivity contribution in [3.05, 3.63) is 53.9 Å². The second kappa shape index (κ2) is 4.75. The normalized spacial score (nSPS) is 10.1. The third-order valence-corrected chi connectivity index (χ3v) is 2.58. The van der Waals surface area contributed by atoms with E-state index in [0.29, 0.717) is 5.69 Å². The Kier molecular flexibility index (Phi) is 3.14. The van der Waals surface area contributed by atoms with Gasteiger partial charge in [0.2, 0.25) is 0 Å². The van der Waals surface area contributed by atoms with E-state index in [4.69, 9.17) is 5.11 Å². The smallest absolute Gasteiger partial charge is 0.337 e. The molecule has 0 fully saturated rings. The minimum Gasteiger partial charge on any atom is -0.478 e. The summed E-state index contributed by atoms with van der Waals surface area (Å²) in [5.74, 6) is -1.41. The van der Waals surface area contributed by atoms with Crippen LogP contribution >= 0.6 is 0 Å². The summed E-state index contributed by atoms with van der Waals surface area (Å²) >= 11 is 0. The maximum absolute atomic E-state index is 11.9. The van der Waals surface area contributed by atoms with Crippen LogP contribution in [0.1, 0.15) is 20.8 Å². The first kappa shape index (κ1) is 11.9. The Balaban J connectivity index is 2.28. The predicted octanol–water partition coefficient (Wildman–Crippen LogP) is 1.98. The number of aromatic nitrogens is 1. The summed E-state index contributed by atoms with van der Waals surface area (Å²) in [5, 5.41) is 11.6. The SMILES string of the molecule is Cn1cccc1C(=O)Nc1ccccc1C(=O)O. The molecule has 2 rings (SSSR count). The molecule has 0 aliphatic heterocycles. The first-order valence-electron chi connectivity index (χ1n) is 5.34. The molecule has 0 aliphatic rings. The van der Waals surface area contributed by atoms with Crippen LogP contribution in [0, 0.1) is 0 Å². The van der Waals surface area contributed by atoms with E-state index in [1.165, 1.54) is 6.07 Å². The lowest BCUT2D eigenvalue weighted by Crippen LogP contribution is -2.17. The molecule has 1 heterocycles. The average Bonchev–Trinajstić information content (AvgIpc) is 2.76. The molecular weight excluding hydrogens is 232 g/mol. The van der Waals surface area contributed by atoms with E-state index in [1.807, 2.05) is 0 Å². The molecule has 0 aliphatic carbocycles. The fraction of sp³-hybridized carbons (Fsp3) is 0.0769. The Labute approximate surface area is 104 Å². The van der Waals surface area contributed by atoms with E-state index in [1.54, 1.807) is 48.1 Å². The van der Waals surface area contributed by atoms with E-state index in [-0.39, 0.29) is 17.2 Å². The summed E-state index contributed by atoms with van der Waals surface area (Å²) in [7, 11) is 1.75. The number of anilines is 1. The van der Waals surface area contributed by atoms with Gasteiger partial charge < -0.3 is 15.0 Å². The number of para-hydroxylation sites is 1. The van der Waals surface area contributed by atoms with Gasteiger partial charge in [-0.1, -0.05) is 12.1 Å². The number of benzene rings is 1. The van der Waals surface area contributed by atoms with Gasteiger partial charge in [-0.05, 0) is 24.3 Å². The summed E-state index contributed by atoms with van der Waals surface area (Å²) in [6.45, 7) is 0. The van der Waals surface area contributed by atoms with Gasteiger partial charge in [0.1, 0.15) is 5.69 Å². The van der Waals surface area contributed by atoms with Gasteiger partial charge in [0.15, 0.2) is 0 Å². The molecule has 2 N–H and O–H groups in total. The van der Waals surface area contributed by atoms with Crippen LogP contribution in [0.2, 0.25) is 0 Å². The number of nitrogens with zero attached hydrogens (tertiary/aromatic N) is 1. The van der Waals surface area contributed by atoms with Crippen LogP contribution in [0.25, 0.3) is 0 Å². The van der Waals surface area contributed by atoms with Crippen LogP contribution < -0.4 is 5.32 Å². The van der Waals surface area contributed by atoms with Crippen molar-refractivity contribution >= 4 is 17.6 Å². The topological polar surface area (TPSA) is 71.3 Å². The molecule has 0 bridgehead atoms. The predicted molar refractivity (Wildman–Crippen MR) is 66.8 cm³/mol. The zero-order chi connectivity index (χ0) is 13.1. The van der Waals surface area contributed by atoms with E-state index in [2.05, 4.69) is 5.32 Å². The third-order valence-electron chi connectivity index (χ3n) is 2.58. The third kappa shape index (κ3) is 2.24. The molecule has 5 heteroatoms. The Morgan fingerprint density at radius 2 is 1.89 bits per heavy atom. The van der Waals surface area contributed by atoms with E-state index in [0.717, 1.165) is 0 Å². The number of aromatic carboxylic acids is 1. The van der Waals surface area contributed by atoms with Gasteiger partial charge in [-0.2, -0.15) is 0 Å². The van der Waals surface area contributed by atoms with Crippen molar-refractivity contribution in [2.75, 3.05) is 5.32 Å². The summed E-state index contributed by atoms with van der Waals surface area (Å²) < 4.78 is 1.67. The molecule has 0 saturated heterocycles. The summed E-state index contributed by atoms with van der Waals surface area (Å²) in [6.07, 6.45) is 1.75. The minimum atomic E-state index is -1.07. The molecular formula is C13H12N2O3. The lowest BCUT2D eigenvalue weighted by Gasteiger charge is -2.08. The molecule has 0 radical (unpaired) electrons. The number of carbonyl (C=O) groups excluding carboxylic acids is 1. The number of carbonyl (C=O) groups is 2. The molecule has 1 aromatic heterocycles. The number of nitrogens with one attached hydrogen (secondary N) is 1. The standard InChI is InChI=1S/C13H12N2O3/c1-15-8-4-7-11(15)12(16)14-10-6-3-2-5-9(10)13(17)18/h2-8H,1H3,(H,14,16)(H,17,18). The van der Waals surface area contributed by atoms with Gasteiger partial charge in [0.25, 0.3) is 5.91 Å². The van der Waals surface area contributed by atoms with Crippen molar-refractivity contribution in [3.63, 3.8) is 0 Å². The molecule has 0 unspecified atom stereocenters. The number of carboxylic acids is 1. The van der Waals surface area contributed by atoms with Crippen molar-refractivity contribution in [2.24, 2.45) is 7.05 Å². The average molecular weight is 244 g/mol. The van der Waals surface area contributed by atoms with Gasteiger partial charge in [0, 0.05) is 13.2 Å². The summed E-state index contributed by atoms with van der Waals surface area (Å²) in [6, 6.07) is 9.71. The van der Waals surface area contributed by atoms with Crippen LogP contribution in [0.4, 0.5) is 5.69 Å². The minimum absolute atomic E-state index is 0.0695. The fourth-order valence-corrected chi connectivity index (χ4v) is 1.66. The molecule has 18 heavy (non-hydrogen) atoms. The van der Waals surface area contributed by atoms with Crippen molar-refractivity contribution in [3.8, 4) is 0 Å². The Hall–Kier alpha value is -2.56. The van der Waals surface area contributed by atoms with Gasteiger partial charge in [-0.15, -0.1) is 0 Å². The monoisotopic (exact) mass is 244 g/mol. The Bertz CT molecular complexity index is 602. The van der Waals surface area contributed by atoms with Gasteiger partial charge >= 0.3 is 5.97 Å². The van der Waals surface area contributed by atoms with Crippen LogP contribution in [0.15, 0.2) is 42.6 Å². The maximum atomic E-state index is 11.9. The maximum Gasteiger partial charge on any atom is 0.337 e. The van der Waals surface area contributed by atoms with Gasteiger partial charge in [-0.3, -0.25) is 4.79 Å². The molecule has 0 atom stereocenters. The molecule has 1 aromatic carbocycles. The summed E-state index contributed by atoms with van der Waals surface area (Å²) in [4.78, 5) is 22.9. The number of aryl methyl sites for hydroxylation is 1. The molecule has 0 spiro atoms. The lowest BCUT2D eigenvalue weighted by molar-refractivity contribution is 0.0698. The van der Waals surface area contributed by atoms with Gasteiger partial charge in [-0.25, -0.2) is 4.79 Å². The fourth-order valence-electron chi connectivity index (χ4n) is 1.66. The lowest BCUT2D eigenvalue weighted by atomic mass is 10.2. The van der Waals surface area contributed by atoms with E-state index in [9.17, 15) is 9.59 Å². The van der Waals surface area contributed by atoms with Crippen molar-refractivity contribution < 1.29 is 14.7 Å². The van der Waals surface area contributed by atoms with Crippen molar-refractivity contribution in [1.82, 2.24) is 4.57 Å². The molecule has 5 nitrogen and oxygen atoms in total. The largest absolute Gasteiger partial charge is 0.478 e. The van der Waals surface area contributed by atoms with E-state index < -0.39 is 5.97 Å². The highest BCUT2D eigenvalue weighted by Gasteiger charge is 2.14. The van der Waals surface area contributed by atoms with Crippen LogP contribution in [-0.2, 0) is 7.05 Å². The highest BCUT2D eigenvalue weighted by atomic mass is 16.4. The zero-order valence-corrected chi connectivity index (χ0v) is 9.75. The second-order valence-electron chi connectivity index (χ2n) is 3.81. The molecule has 0 saturated carbocycles. The highest BCUT2D eigenvalue weighted by Crippen LogP contribution is 2.16. The number of amides is 1. The number of hydrogen-bond acceptors (Lipinski definition) is 2. The first-order valence-corrected chi connectivity index (χ1v) is 5.34. The van der Waals surface area contributed by atoms with Crippen LogP contribution in [-0.4, -0.2) is 21.6 Å². The molecule has 1 amide bonds. The first-order chi connectivity index (χ1) is 8.59. The highest BCUT2D eigenvalue weighted by molar-refractivity contribution is 6.06. The Morgan fingerprint density at radius 1 is 1.17 bits per heavy atom. The molecule has 92 valence electrons. The molecule has 2 aromatic rings. The number of rotatable bonds is 3. The van der Waals surface area contributed by atoms with Crippen molar-refractivity contribution in [1.29, 1.82) is 0 Å². The number of carboxylic acid groups (broad SMARTS) is 1. The summed E-state index contributed by atoms with van der Waals surface area (Å²) in [5.41, 5.74) is 0.825. The Morgan fingerprint density at radius 3 is 2.50 bits per heavy atom. The van der Waals surface area contributed by atoms with E-state index >= 15 is 0 Å². The quantitative estimate of drug-likeness (QED) is 0.867. The second-order valence-corrected chi connectivity index (χ2v) is 3.81. The number of hydrogen-bond donors (Lipinski definition) is 2. The van der Waals surface area contributed by atoms with Crippen LogP contribution in [0.3, 0.4) is 0 Å². The van der Waals surface area contributed by atoms with Crippen molar-refractivity contribution in [2.45, 2.75) is 0 Å². The van der Waals surface area contributed by atoms with Gasteiger partial charge in [0.05, 0.1) is 11.3 Å². The zero-order valence-electron chi connectivity index (χ0n) is 9.75.